The van der Waals surface area contributed by atoms with E-state index in [1.807, 2.05) is 24.3 Å². The number of fused-ring (bicyclic) bond motifs is 3. The zero-order valence-corrected chi connectivity index (χ0v) is 19.6. The van der Waals surface area contributed by atoms with E-state index in [0.29, 0.717) is 22.3 Å². The van der Waals surface area contributed by atoms with Crippen molar-refractivity contribution >= 4 is 11.4 Å². The van der Waals surface area contributed by atoms with Gasteiger partial charge in [0.05, 0.1) is 16.8 Å². The third-order valence-corrected chi connectivity index (χ3v) is 6.96. The van der Waals surface area contributed by atoms with Crippen LogP contribution >= 0.6 is 0 Å². The van der Waals surface area contributed by atoms with E-state index in [1.54, 1.807) is 24.3 Å². The van der Waals surface area contributed by atoms with Crippen LogP contribution in [0.1, 0.15) is 44.5 Å². The Bertz CT molecular complexity index is 1680. The van der Waals surface area contributed by atoms with Gasteiger partial charge in [0.15, 0.2) is 0 Å². The predicted octanol–water partition coefficient (Wildman–Crippen LogP) is 4.55. The maximum Gasteiger partial charge on any atom is 0.138 e. The Labute approximate surface area is 215 Å². The molecule has 0 atom stereocenters. The van der Waals surface area contributed by atoms with E-state index in [9.17, 15) is 10.2 Å². The zero-order valence-electron chi connectivity index (χ0n) is 19.6. The number of benzene rings is 4. The van der Waals surface area contributed by atoms with Crippen LogP contribution in [0.15, 0.2) is 60.7 Å². The predicted molar refractivity (Wildman–Crippen MR) is 148 cm³/mol. The first kappa shape index (κ1) is 23.1. The van der Waals surface area contributed by atoms with Crippen LogP contribution in [0.4, 0.5) is 11.4 Å². The number of terminal acetylenes is 4. The molecule has 0 saturated heterocycles. The van der Waals surface area contributed by atoms with Crippen molar-refractivity contribution in [1.29, 1.82) is 0 Å². The van der Waals surface area contributed by atoms with Gasteiger partial charge in [-0.05, 0) is 81.9 Å². The summed E-state index contributed by atoms with van der Waals surface area (Å²) in [6.45, 7) is 0. The molecule has 0 aromatic heterocycles. The zero-order chi connectivity index (χ0) is 26.5. The Balaban J connectivity index is 2.07. The highest BCUT2D eigenvalue weighted by Gasteiger charge is 2.47. The lowest BCUT2D eigenvalue weighted by Crippen LogP contribution is -2.29. The van der Waals surface area contributed by atoms with E-state index in [1.165, 1.54) is 12.1 Å². The molecule has 4 nitrogen and oxygen atoms in total. The fraction of sp³-hybridized carbons (Fsp3) is 0.0303. The molecule has 37 heavy (non-hydrogen) atoms. The van der Waals surface area contributed by atoms with Crippen LogP contribution in [0.3, 0.4) is 0 Å². The molecule has 0 heterocycles. The molecule has 4 aromatic rings. The van der Waals surface area contributed by atoms with Gasteiger partial charge in [-0.3, -0.25) is 0 Å². The minimum Gasteiger partial charge on any atom is -0.506 e. The summed E-state index contributed by atoms with van der Waals surface area (Å²) >= 11 is 0. The first-order valence-corrected chi connectivity index (χ1v) is 11.2. The SMILES string of the molecule is C#Cc1cc2c(cc1C#C)C(c1ccc(O)c(N)c1)(c1ccc(O)c(N)c1)c1cc(C#C)c(C#C)cc1-2. The van der Waals surface area contributed by atoms with Crippen LogP contribution in [0.25, 0.3) is 11.1 Å². The molecule has 0 saturated carbocycles. The van der Waals surface area contributed by atoms with Crippen molar-refractivity contribution in [2.45, 2.75) is 5.41 Å². The summed E-state index contributed by atoms with van der Waals surface area (Å²) < 4.78 is 0. The van der Waals surface area contributed by atoms with Crippen LogP contribution in [-0.4, -0.2) is 10.2 Å². The molecule has 6 N–H and O–H groups in total. The molecule has 0 aliphatic heterocycles. The average molecular weight is 477 g/mol. The van der Waals surface area contributed by atoms with Gasteiger partial charge in [0, 0.05) is 22.3 Å². The Morgan fingerprint density at radius 3 is 1.22 bits per heavy atom. The van der Waals surface area contributed by atoms with Crippen molar-refractivity contribution in [3.8, 4) is 72.0 Å². The number of phenols is 2. The second-order valence-electron chi connectivity index (χ2n) is 8.76. The van der Waals surface area contributed by atoms with Gasteiger partial charge in [-0.2, -0.15) is 0 Å². The molecule has 1 aliphatic rings. The monoisotopic (exact) mass is 476 g/mol. The van der Waals surface area contributed by atoms with E-state index in [4.69, 9.17) is 37.2 Å². The standard InChI is InChI=1S/C33H20N2O2/c1-5-19-13-25-26-14-20(6-2)22(8-4)16-28(26)33(27(25)15-21(19)7-3,23-9-11-31(36)29(34)17-23)24-10-12-32(37)30(35)18-24/h1-4,9-18,36-37H,34-35H2. The van der Waals surface area contributed by atoms with Crippen molar-refractivity contribution in [2.75, 3.05) is 11.5 Å². The largest absolute Gasteiger partial charge is 0.506 e. The summed E-state index contributed by atoms with van der Waals surface area (Å²) in [4.78, 5) is 0. The van der Waals surface area contributed by atoms with E-state index >= 15 is 0 Å². The van der Waals surface area contributed by atoms with Gasteiger partial charge >= 0.3 is 0 Å². The number of nitrogen functional groups attached to an aromatic ring is 2. The third kappa shape index (κ3) is 3.12. The van der Waals surface area contributed by atoms with Gasteiger partial charge in [-0.25, -0.2) is 0 Å². The highest BCUT2D eigenvalue weighted by Crippen LogP contribution is 2.58. The normalized spacial score (nSPS) is 12.3. The van der Waals surface area contributed by atoms with Crippen LogP contribution in [0, 0.1) is 49.4 Å². The summed E-state index contributed by atoms with van der Waals surface area (Å²) in [5.41, 5.74) is 18.6. The number of phenolic OH excluding ortho intramolecular Hbond substituents is 2. The molecular weight excluding hydrogens is 456 g/mol. The Kier molecular flexibility index (Phi) is 5.13. The quantitative estimate of drug-likeness (QED) is 0.171. The Morgan fingerprint density at radius 1 is 0.541 bits per heavy atom. The number of anilines is 2. The van der Waals surface area contributed by atoms with Crippen molar-refractivity contribution in [1.82, 2.24) is 0 Å². The van der Waals surface area contributed by atoms with Gasteiger partial charge in [0.1, 0.15) is 11.5 Å². The lowest BCUT2D eigenvalue weighted by molar-refractivity contribution is 0.477. The van der Waals surface area contributed by atoms with Crippen LogP contribution in [0.5, 0.6) is 11.5 Å². The van der Waals surface area contributed by atoms with Gasteiger partial charge in [-0.1, -0.05) is 35.8 Å². The van der Waals surface area contributed by atoms with Crippen molar-refractivity contribution < 1.29 is 10.2 Å². The first-order chi connectivity index (χ1) is 17.8. The maximum absolute atomic E-state index is 10.2. The minimum atomic E-state index is -1.04. The van der Waals surface area contributed by atoms with Crippen molar-refractivity contribution in [3.05, 3.63) is 105 Å². The molecule has 0 spiro atoms. The molecule has 1 aliphatic carbocycles. The second-order valence-corrected chi connectivity index (χ2v) is 8.76. The minimum absolute atomic E-state index is 0.0541. The summed E-state index contributed by atoms with van der Waals surface area (Å²) in [7, 11) is 0. The van der Waals surface area contributed by atoms with Crippen molar-refractivity contribution in [2.24, 2.45) is 0 Å². The number of nitrogens with two attached hydrogens (primary N) is 2. The number of aromatic hydroxyl groups is 2. The number of hydrogen-bond donors (Lipinski definition) is 4. The summed E-state index contributed by atoms with van der Waals surface area (Å²) in [6.07, 6.45) is 23.4. The molecule has 0 unspecified atom stereocenters. The number of rotatable bonds is 2. The van der Waals surface area contributed by atoms with E-state index < -0.39 is 5.41 Å². The van der Waals surface area contributed by atoms with Crippen molar-refractivity contribution in [3.63, 3.8) is 0 Å². The van der Waals surface area contributed by atoms with Gasteiger partial charge in [0.2, 0.25) is 0 Å². The molecule has 0 bridgehead atoms. The lowest BCUT2D eigenvalue weighted by atomic mass is 9.67. The molecule has 4 heteroatoms. The first-order valence-electron chi connectivity index (χ1n) is 11.2. The van der Waals surface area contributed by atoms with Crippen LogP contribution in [0.2, 0.25) is 0 Å². The fourth-order valence-electron chi connectivity index (χ4n) is 5.25. The second kappa shape index (κ2) is 8.22. The molecule has 5 rings (SSSR count). The lowest BCUT2D eigenvalue weighted by Gasteiger charge is -2.34. The van der Waals surface area contributed by atoms with E-state index in [2.05, 4.69) is 23.7 Å². The maximum atomic E-state index is 10.2. The highest BCUT2D eigenvalue weighted by atomic mass is 16.3. The highest BCUT2D eigenvalue weighted by molar-refractivity contribution is 5.90. The molecule has 4 aromatic carbocycles. The van der Waals surface area contributed by atoms with Crippen LogP contribution in [-0.2, 0) is 5.41 Å². The Hall–Kier alpha value is -5.68. The third-order valence-electron chi connectivity index (χ3n) is 6.96. The van der Waals surface area contributed by atoms with Gasteiger partial charge < -0.3 is 21.7 Å². The summed E-state index contributed by atoms with van der Waals surface area (Å²) in [5.74, 6) is 10.6. The molecule has 0 fully saturated rings. The molecule has 0 radical (unpaired) electrons. The summed E-state index contributed by atoms with van der Waals surface area (Å²) in [6, 6.07) is 17.5. The summed E-state index contributed by atoms with van der Waals surface area (Å²) in [5, 5.41) is 20.5. The number of hydrogen-bond acceptors (Lipinski definition) is 4. The Morgan fingerprint density at radius 2 is 0.892 bits per heavy atom. The molecular formula is C33H20N2O2. The van der Waals surface area contributed by atoms with Crippen LogP contribution < -0.4 is 11.5 Å². The molecule has 0 amide bonds. The fourth-order valence-corrected chi connectivity index (χ4v) is 5.25. The van der Waals surface area contributed by atoms with Gasteiger partial charge in [0.25, 0.3) is 0 Å². The van der Waals surface area contributed by atoms with E-state index in [0.717, 1.165) is 33.4 Å². The topological polar surface area (TPSA) is 92.5 Å². The molecule has 174 valence electrons. The average Bonchev–Trinajstić information content (AvgIpc) is 3.19. The van der Waals surface area contributed by atoms with E-state index in [-0.39, 0.29) is 22.9 Å². The van der Waals surface area contributed by atoms with Gasteiger partial charge in [-0.15, -0.1) is 25.7 Å². The smallest absolute Gasteiger partial charge is 0.138 e.